The smallest absolute Gasteiger partial charge is 0.411 e. The second-order valence-electron chi connectivity index (χ2n) is 12.0. The molecule has 2 aliphatic heterocycles. The lowest BCUT2D eigenvalue weighted by molar-refractivity contribution is -0.591. The van der Waals surface area contributed by atoms with Crippen molar-refractivity contribution in [1.82, 2.24) is 14.7 Å². The Hall–Kier alpha value is -3.28. The topological polar surface area (TPSA) is 95.6 Å². The first-order chi connectivity index (χ1) is 23.0. The Labute approximate surface area is 300 Å². The summed E-state index contributed by atoms with van der Waals surface area (Å²) in [6, 6.07) is 15.3. The molecular formula is C34H38Cl4N6O4. The number of amides is 3. The molecule has 3 aromatic rings. The van der Waals surface area contributed by atoms with Gasteiger partial charge in [0.1, 0.15) is 7.11 Å². The molecule has 0 bridgehead atoms. The SMILES string of the molecule is CO/N=C(\CN(C)C(=O)c1cc(Cl)cc(Cl)c1)C(CCN1CCC(N2CCCN(c3cccc[n+]3[O-])C2=O)CC1)c1ccc(Cl)c(Cl)c1. The zero-order valence-corrected chi connectivity index (χ0v) is 29.9. The second-order valence-corrected chi connectivity index (χ2v) is 13.7. The van der Waals surface area contributed by atoms with Crippen LogP contribution in [0.15, 0.2) is 65.9 Å². The zero-order valence-electron chi connectivity index (χ0n) is 26.8. The second kappa shape index (κ2) is 16.4. The molecule has 256 valence electrons. The van der Waals surface area contributed by atoms with Crippen molar-refractivity contribution in [2.24, 2.45) is 5.16 Å². The lowest BCUT2D eigenvalue weighted by atomic mass is 9.89. The number of hydrogen-bond acceptors (Lipinski definition) is 6. The maximum atomic E-state index is 13.5. The summed E-state index contributed by atoms with van der Waals surface area (Å²) in [6.07, 6.45) is 4.53. The van der Waals surface area contributed by atoms with E-state index in [1.807, 2.05) is 17.0 Å². The fraction of sp³-hybridized carbons (Fsp3) is 0.412. The molecule has 1 unspecified atom stereocenters. The van der Waals surface area contributed by atoms with Gasteiger partial charge in [0.05, 0.1) is 35.0 Å². The first kappa shape index (κ1) is 36.0. The Bertz CT molecular complexity index is 1630. The molecule has 0 N–H and O–H groups in total. The molecule has 0 aliphatic carbocycles. The van der Waals surface area contributed by atoms with E-state index in [1.165, 1.54) is 13.3 Å². The Kier molecular flexibility index (Phi) is 12.3. The summed E-state index contributed by atoms with van der Waals surface area (Å²) >= 11 is 25.1. The largest absolute Gasteiger partial charge is 0.711 e. The van der Waals surface area contributed by atoms with Crippen LogP contribution in [0.4, 0.5) is 10.6 Å². The van der Waals surface area contributed by atoms with Crippen molar-refractivity contribution in [3.05, 3.63) is 97.2 Å². The number of rotatable bonds is 11. The molecule has 10 nitrogen and oxygen atoms in total. The Morgan fingerprint density at radius 3 is 2.42 bits per heavy atom. The van der Waals surface area contributed by atoms with Gasteiger partial charge in [-0.3, -0.25) is 4.79 Å². The van der Waals surface area contributed by atoms with Crippen LogP contribution in [-0.4, -0.2) is 91.8 Å². The quantitative estimate of drug-likeness (QED) is 0.0917. The van der Waals surface area contributed by atoms with Crippen molar-refractivity contribution in [3.63, 3.8) is 0 Å². The van der Waals surface area contributed by atoms with Crippen molar-refractivity contribution >= 4 is 69.9 Å². The third-order valence-corrected chi connectivity index (χ3v) is 10.1. The van der Waals surface area contributed by atoms with Crippen LogP contribution in [0.5, 0.6) is 0 Å². The highest BCUT2D eigenvalue weighted by Gasteiger charge is 2.39. The van der Waals surface area contributed by atoms with E-state index in [0.717, 1.165) is 49.2 Å². The van der Waals surface area contributed by atoms with E-state index >= 15 is 0 Å². The lowest BCUT2D eigenvalue weighted by Crippen LogP contribution is -2.57. The lowest BCUT2D eigenvalue weighted by Gasteiger charge is -2.41. The summed E-state index contributed by atoms with van der Waals surface area (Å²) in [5, 5.41) is 18.4. The van der Waals surface area contributed by atoms with Gasteiger partial charge in [0.2, 0.25) is 0 Å². The van der Waals surface area contributed by atoms with E-state index in [1.54, 1.807) is 59.3 Å². The van der Waals surface area contributed by atoms with E-state index in [-0.39, 0.29) is 30.4 Å². The van der Waals surface area contributed by atoms with E-state index in [2.05, 4.69) is 10.1 Å². The van der Waals surface area contributed by atoms with Crippen molar-refractivity contribution in [3.8, 4) is 0 Å². The van der Waals surface area contributed by atoms with Crippen molar-refractivity contribution < 1.29 is 19.2 Å². The minimum Gasteiger partial charge on any atom is -0.711 e. The Balaban J connectivity index is 1.26. The molecule has 5 rings (SSSR count). The summed E-state index contributed by atoms with van der Waals surface area (Å²) in [4.78, 5) is 39.6. The molecule has 0 saturated carbocycles. The van der Waals surface area contributed by atoms with Gasteiger partial charge in [0, 0.05) is 66.7 Å². The van der Waals surface area contributed by atoms with Gasteiger partial charge in [0.15, 0.2) is 0 Å². The molecule has 3 heterocycles. The Morgan fingerprint density at radius 1 is 1.02 bits per heavy atom. The number of likely N-dealkylation sites (tertiary alicyclic amines) is 1. The first-order valence-corrected chi connectivity index (χ1v) is 17.3. The van der Waals surface area contributed by atoms with Crippen LogP contribution < -0.4 is 9.63 Å². The van der Waals surface area contributed by atoms with Crippen LogP contribution >= 0.6 is 46.4 Å². The summed E-state index contributed by atoms with van der Waals surface area (Å²) in [5.41, 5.74) is 1.91. The van der Waals surface area contributed by atoms with Gasteiger partial charge in [-0.1, -0.05) is 63.7 Å². The summed E-state index contributed by atoms with van der Waals surface area (Å²) in [7, 11) is 3.17. The minimum atomic E-state index is -0.263. The fourth-order valence-corrected chi connectivity index (χ4v) is 7.31. The van der Waals surface area contributed by atoms with Gasteiger partial charge >= 0.3 is 6.03 Å². The van der Waals surface area contributed by atoms with Gasteiger partial charge in [-0.25, -0.2) is 9.52 Å². The maximum Gasteiger partial charge on any atom is 0.411 e. The van der Waals surface area contributed by atoms with E-state index in [0.29, 0.717) is 56.7 Å². The number of carbonyl (C=O) groups excluding carboxylic acids is 2. The number of urea groups is 1. The average molecular weight is 737 g/mol. The number of benzene rings is 2. The number of oxime groups is 1. The van der Waals surface area contributed by atoms with Crippen LogP contribution in [0.25, 0.3) is 0 Å². The van der Waals surface area contributed by atoms with Crippen molar-refractivity contribution in [2.45, 2.75) is 37.6 Å². The zero-order chi connectivity index (χ0) is 34.4. The third kappa shape index (κ3) is 8.65. The number of aromatic nitrogens is 1. The normalized spacial score (nSPS) is 17.0. The molecule has 14 heteroatoms. The molecule has 2 saturated heterocycles. The molecule has 1 atom stereocenters. The first-order valence-electron chi connectivity index (χ1n) is 15.8. The number of anilines is 1. The van der Waals surface area contributed by atoms with E-state index in [9.17, 15) is 14.8 Å². The van der Waals surface area contributed by atoms with Crippen LogP contribution in [-0.2, 0) is 4.84 Å². The highest BCUT2D eigenvalue weighted by atomic mass is 35.5. The fourth-order valence-electron chi connectivity index (χ4n) is 6.48. The van der Waals surface area contributed by atoms with Gasteiger partial charge in [-0.15, -0.1) is 0 Å². The molecule has 2 aliphatic rings. The molecule has 2 fully saturated rings. The number of pyridine rings is 1. The summed E-state index contributed by atoms with van der Waals surface area (Å²) in [5.74, 6) is -0.144. The number of carbonyl (C=O) groups is 2. The van der Waals surface area contributed by atoms with Gasteiger partial charge in [-0.05, 0) is 67.8 Å². The highest BCUT2D eigenvalue weighted by molar-refractivity contribution is 6.42. The van der Waals surface area contributed by atoms with Crippen molar-refractivity contribution in [1.29, 1.82) is 0 Å². The number of nitrogens with zero attached hydrogens (tertiary/aromatic N) is 6. The third-order valence-electron chi connectivity index (χ3n) is 8.88. The molecule has 1 aromatic heterocycles. The molecular weight excluding hydrogens is 698 g/mol. The average Bonchev–Trinajstić information content (AvgIpc) is 3.06. The van der Waals surface area contributed by atoms with Crippen LogP contribution in [0.2, 0.25) is 20.1 Å². The predicted molar refractivity (Wildman–Crippen MR) is 191 cm³/mol. The molecule has 3 amide bonds. The predicted octanol–water partition coefficient (Wildman–Crippen LogP) is 6.98. The Morgan fingerprint density at radius 2 is 1.75 bits per heavy atom. The summed E-state index contributed by atoms with van der Waals surface area (Å²) in [6.45, 7) is 3.73. The van der Waals surface area contributed by atoms with Gasteiger partial charge < -0.3 is 24.7 Å². The standard InChI is InChI=1S/C34H38Cl4N6O4/c1-40(33(45)24-18-25(35)21-26(36)19-24)22-31(39-48-2)28(23-7-8-29(37)30(38)20-23)11-17-41-15-9-27(10-16-41)42-12-5-13-43(34(42)46)32-6-3-4-14-44(32)47/h3-4,6-8,14,18-21,27-28H,5,9-13,15-17,22H2,1-2H3/b39-31+. The number of halogens is 4. The number of hydrogen-bond donors (Lipinski definition) is 0. The van der Waals surface area contributed by atoms with E-state index < -0.39 is 0 Å². The van der Waals surface area contributed by atoms with Gasteiger partial charge in [0.25, 0.3) is 11.7 Å². The molecule has 2 aromatic carbocycles. The number of piperidine rings is 1. The van der Waals surface area contributed by atoms with Crippen LogP contribution in [0, 0.1) is 5.21 Å². The van der Waals surface area contributed by atoms with Crippen LogP contribution in [0.1, 0.15) is 47.5 Å². The van der Waals surface area contributed by atoms with Crippen LogP contribution in [0.3, 0.4) is 0 Å². The highest BCUT2D eigenvalue weighted by Crippen LogP contribution is 2.31. The van der Waals surface area contributed by atoms with E-state index in [4.69, 9.17) is 51.2 Å². The van der Waals surface area contributed by atoms with Crippen molar-refractivity contribution in [2.75, 3.05) is 58.3 Å². The molecule has 0 radical (unpaired) electrons. The molecule has 48 heavy (non-hydrogen) atoms. The minimum absolute atomic E-state index is 0.0940. The molecule has 0 spiro atoms. The summed E-state index contributed by atoms with van der Waals surface area (Å²) < 4.78 is 0.746. The van der Waals surface area contributed by atoms with Gasteiger partial charge in [-0.2, -0.15) is 4.90 Å². The monoisotopic (exact) mass is 734 g/mol. The maximum absolute atomic E-state index is 13.5.